The van der Waals surface area contributed by atoms with E-state index in [1.807, 2.05) is 12.3 Å². The quantitative estimate of drug-likeness (QED) is 0.709. The van der Waals surface area contributed by atoms with Gasteiger partial charge in [-0.3, -0.25) is 0 Å². The van der Waals surface area contributed by atoms with Crippen LogP contribution in [0.15, 0.2) is 30.5 Å². The fraction of sp³-hybridized carbons (Fsp3) is 0.308. The maximum Gasteiger partial charge on any atom is 0.123 e. The van der Waals surface area contributed by atoms with E-state index in [1.54, 1.807) is 0 Å². The first-order chi connectivity index (χ1) is 6.97. The number of rotatable bonds is 0. The standard InChI is InChI=1S/C13H16N2/c1-13(2,3)11-5-4-9-8-15-12(14)7-10(9)6-11/h4-8H,1-3H3,(H2,14,15). The van der Waals surface area contributed by atoms with Crippen LogP contribution < -0.4 is 5.73 Å². The third-order valence-corrected chi connectivity index (χ3v) is 2.61. The van der Waals surface area contributed by atoms with Gasteiger partial charge in [-0.2, -0.15) is 0 Å². The largest absolute Gasteiger partial charge is 0.384 e. The molecule has 2 heteroatoms. The highest BCUT2D eigenvalue weighted by atomic mass is 14.8. The van der Waals surface area contributed by atoms with E-state index >= 15 is 0 Å². The highest BCUT2D eigenvalue weighted by molar-refractivity contribution is 5.84. The third kappa shape index (κ3) is 1.94. The van der Waals surface area contributed by atoms with Gasteiger partial charge >= 0.3 is 0 Å². The van der Waals surface area contributed by atoms with Gasteiger partial charge in [-0.05, 0) is 22.4 Å². The number of fused-ring (bicyclic) bond motifs is 1. The van der Waals surface area contributed by atoms with Crippen molar-refractivity contribution in [2.75, 3.05) is 5.73 Å². The molecule has 1 heterocycles. The molecule has 15 heavy (non-hydrogen) atoms. The maximum absolute atomic E-state index is 5.67. The molecule has 0 spiro atoms. The minimum Gasteiger partial charge on any atom is -0.384 e. The summed E-state index contributed by atoms with van der Waals surface area (Å²) in [5, 5.41) is 2.30. The first-order valence-electron chi connectivity index (χ1n) is 5.12. The number of nitrogens with zero attached hydrogens (tertiary/aromatic N) is 1. The monoisotopic (exact) mass is 200 g/mol. The summed E-state index contributed by atoms with van der Waals surface area (Å²) >= 11 is 0. The van der Waals surface area contributed by atoms with Crippen LogP contribution in [-0.2, 0) is 5.41 Å². The lowest BCUT2D eigenvalue weighted by Crippen LogP contribution is -2.10. The molecular formula is C13H16N2. The highest BCUT2D eigenvalue weighted by Crippen LogP contribution is 2.26. The van der Waals surface area contributed by atoms with E-state index in [4.69, 9.17) is 5.73 Å². The van der Waals surface area contributed by atoms with Crippen LogP contribution in [0.1, 0.15) is 26.3 Å². The highest BCUT2D eigenvalue weighted by Gasteiger charge is 2.13. The Morgan fingerprint density at radius 1 is 1.07 bits per heavy atom. The Labute approximate surface area is 90.1 Å². The zero-order chi connectivity index (χ0) is 11.1. The molecule has 2 nitrogen and oxygen atoms in total. The second kappa shape index (κ2) is 3.23. The zero-order valence-corrected chi connectivity index (χ0v) is 9.41. The molecule has 0 amide bonds. The minimum absolute atomic E-state index is 0.173. The lowest BCUT2D eigenvalue weighted by molar-refractivity contribution is 0.591. The number of nitrogens with two attached hydrogens (primary N) is 1. The fourth-order valence-corrected chi connectivity index (χ4v) is 1.62. The molecule has 2 rings (SSSR count). The van der Waals surface area contributed by atoms with Crippen LogP contribution in [0.2, 0.25) is 0 Å². The van der Waals surface area contributed by atoms with Gasteiger partial charge in [0.15, 0.2) is 0 Å². The van der Waals surface area contributed by atoms with Gasteiger partial charge in [0.05, 0.1) is 0 Å². The van der Waals surface area contributed by atoms with Crippen LogP contribution in [0, 0.1) is 0 Å². The summed E-state index contributed by atoms with van der Waals surface area (Å²) in [6, 6.07) is 8.36. The van der Waals surface area contributed by atoms with E-state index in [0.717, 1.165) is 10.8 Å². The third-order valence-electron chi connectivity index (χ3n) is 2.61. The SMILES string of the molecule is CC(C)(C)c1ccc2cnc(N)cc2c1. The molecule has 0 aliphatic carbocycles. The number of pyridine rings is 1. The lowest BCUT2D eigenvalue weighted by Gasteiger charge is -2.19. The van der Waals surface area contributed by atoms with Crippen LogP contribution in [0.3, 0.4) is 0 Å². The topological polar surface area (TPSA) is 38.9 Å². The van der Waals surface area contributed by atoms with Gasteiger partial charge in [0.2, 0.25) is 0 Å². The minimum atomic E-state index is 0.173. The van der Waals surface area contributed by atoms with Crippen molar-refractivity contribution in [3.63, 3.8) is 0 Å². The second-order valence-corrected chi connectivity index (χ2v) is 4.92. The molecule has 0 fully saturated rings. The van der Waals surface area contributed by atoms with Crippen LogP contribution >= 0.6 is 0 Å². The molecule has 1 aromatic carbocycles. The molecule has 0 unspecified atom stereocenters. The van der Waals surface area contributed by atoms with E-state index in [0.29, 0.717) is 5.82 Å². The Hall–Kier alpha value is -1.57. The molecule has 0 radical (unpaired) electrons. The van der Waals surface area contributed by atoms with E-state index in [-0.39, 0.29) is 5.41 Å². The summed E-state index contributed by atoms with van der Waals surface area (Å²) in [6.45, 7) is 6.62. The van der Waals surface area contributed by atoms with Gasteiger partial charge in [0.1, 0.15) is 5.82 Å². The summed E-state index contributed by atoms with van der Waals surface area (Å²) in [5.41, 5.74) is 7.16. The van der Waals surface area contributed by atoms with Gasteiger partial charge in [-0.25, -0.2) is 4.98 Å². The number of hydrogen-bond acceptors (Lipinski definition) is 2. The van der Waals surface area contributed by atoms with Crippen molar-refractivity contribution < 1.29 is 0 Å². The molecule has 0 bridgehead atoms. The van der Waals surface area contributed by atoms with E-state index in [1.165, 1.54) is 5.56 Å². The second-order valence-electron chi connectivity index (χ2n) is 4.92. The van der Waals surface area contributed by atoms with Crippen LogP contribution in [0.25, 0.3) is 10.8 Å². The normalized spacial score (nSPS) is 11.9. The van der Waals surface area contributed by atoms with Gasteiger partial charge < -0.3 is 5.73 Å². The number of aromatic nitrogens is 1. The average Bonchev–Trinajstić information content (AvgIpc) is 2.15. The molecular weight excluding hydrogens is 184 g/mol. The van der Waals surface area contributed by atoms with Crippen molar-refractivity contribution in [2.45, 2.75) is 26.2 Å². The summed E-state index contributed by atoms with van der Waals surface area (Å²) in [7, 11) is 0. The summed E-state index contributed by atoms with van der Waals surface area (Å²) < 4.78 is 0. The Bertz CT molecular complexity index is 495. The molecule has 0 aliphatic rings. The molecule has 0 atom stereocenters. The zero-order valence-electron chi connectivity index (χ0n) is 9.41. The Morgan fingerprint density at radius 3 is 2.47 bits per heavy atom. The first-order valence-corrected chi connectivity index (χ1v) is 5.12. The molecule has 1 aromatic heterocycles. The van der Waals surface area contributed by atoms with Crippen LogP contribution in [-0.4, -0.2) is 4.98 Å². The molecule has 0 saturated carbocycles. The van der Waals surface area contributed by atoms with Gasteiger partial charge in [0.25, 0.3) is 0 Å². The van der Waals surface area contributed by atoms with E-state index < -0.39 is 0 Å². The first kappa shape index (κ1) is 9.97. The van der Waals surface area contributed by atoms with Crippen molar-refractivity contribution in [3.8, 4) is 0 Å². The van der Waals surface area contributed by atoms with Crippen molar-refractivity contribution in [1.82, 2.24) is 4.98 Å². The molecule has 2 N–H and O–H groups in total. The van der Waals surface area contributed by atoms with Crippen molar-refractivity contribution in [1.29, 1.82) is 0 Å². The Kier molecular flexibility index (Phi) is 2.14. The fourth-order valence-electron chi connectivity index (χ4n) is 1.62. The average molecular weight is 200 g/mol. The summed E-state index contributed by atoms with van der Waals surface area (Å²) in [5.74, 6) is 0.577. The number of nitrogen functional groups attached to an aromatic ring is 1. The predicted octanol–water partition coefficient (Wildman–Crippen LogP) is 3.11. The van der Waals surface area contributed by atoms with Gasteiger partial charge in [0, 0.05) is 11.6 Å². The summed E-state index contributed by atoms with van der Waals surface area (Å²) in [6.07, 6.45) is 1.82. The molecule has 2 aromatic rings. The van der Waals surface area contributed by atoms with Gasteiger partial charge in [-0.15, -0.1) is 0 Å². The van der Waals surface area contributed by atoms with Crippen molar-refractivity contribution in [2.24, 2.45) is 0 Å². The molecule has 0 aliphatic heterocycles. The molecule has 78 valence electrons. The van der Waals surface area contributed by atoms with Crippen molar-refractivity contribution in [3.05, 3.63) is 36.0 Å². The number of hydrogen-bond donors (Lipinski definition) is 1. The number of benzene rings is 1. The predicted molar refractivity (Wildman–Crippen MR) is 64.9 cm³/mol. The Morgan fingerprint density at radius 2 is 1.80 bits per heavy atom. The van der Waals surface area contributed by atoms with Crippen LogP contribution in [0.5, 0.6) is 0 Å². The van der Waals surface area contributed by atoms with Gasteiger partial charge in [-0.1, -0.05) is 39.0 Å². The molecule has 0 saturated heterocycles. The number of anilines is 1. The lowest BCUT2D eigenvalue weighted by atomic mass is 9.86. The van der Waals surface area contributed by atoms with Crippen molar-refractivity contribution >= 4 is 16.6 Å². The Balaban J connectivity index is 2.64. The smallest absolute Gasteiger partial charge is 0.123 e. The van der Waals surface area contributed by atoms with E-state index in [9.17, 15) is 0 Å². The maximum atomic E-state index is 5.67. The summed E-state index contributed by atoms with van der Waals surface area (Å²) in [4.78, 5) is 4.08. The van der Waals surface area contributed by atoms with E-state index in [2.05, 4.69) is 44.0 Å². The van der Waals surface area contributed by atoms with Crippen LogP contribution in [0.4, 0.5) is 5.82 Å².